The Hall–Kier alpha value is -3.85. The summed E-state index contributed by atoms with van der Waals surface area (Å²) in [6.07, 6.45) is -0.122. The molecule has 0 heterocycles. The highest BCUT2D eigenvalue weighted by Gasteiger charge is 2.19. The van der Waals surface area contributed by atoms with Crippen molar-refractivity contribution in [3.63, 3.8) is 0 Å². The van der Waals surface area contributed by atoms with Gasteiger partial charge in [0.2, 0.25) is 5.91 Å². The molecule has 3 rings (SSSR count). The highest BCUT2D eigenvalue weighted by Crippen LogP contribution is 2.32. The van der Waals surface area contributed by atoms with Crippen molar-refractivity contribution < 1.29 is 18.3 Å². The second kappa shape index (κ2) is 9.74. The van der Waals surface area contributed by atoms with E-state index in [4.69, 9.17) is 11.1 Å². The predicted octanol–water partition coefficient (Wildman–Crippen LogP) is 2.95. The number of nitrogens with one attached hydrogen (secondary N) is 3. The molecule has 0 fully saturated rings. The first-order valence-corrected chi connectivity index (χ1v) is 11.7. The van der Waals surface area contributed by atoms with Crippen LogP contribution < -0.4 is 15.8 Å². The van der Waals surface area contributed by atoms with Gasteiger partial charge in [0.25, 0.3) is 10.0 Å². The van der Waals surface area contributed by atoms with Gasteiger partial charge in [0.15, 0.2) is 0 Å². The Morgan fingerprint density at radius 2 is 1.64 bits per heavy atom. The van der Waals surface area contributed by atoms with Gasteiger partial charge in [-0.15, -0.1) is 0 Å². The maximum Gasteiger partial charge on any atom is 0.262 e. The van der Waals surface area contributed by atoms with Gasteiger partial charge in [-0.25, -0.2) is 8.42 Å². The molecule has 3 aromatic carbocycles. The third kappa shape index (κ3) is 5.89. The molecule has 0 aliphatic rings. The van der Waals surface area contributed by atoms with Crippen LogP contribution in [0.25, 0.3) is 0 Å². The van der Waals surface area contributed by atoms with E-state index in [2.05, 4.69) is 10.0 Å². The van der Waals surface area contributed by atoms with Crippen LogP contribution in [0.5, 0.6) is 5.75 Å². The number of nitrogen functional groups attached to an aromatic ring is 1. The van der Waals surface area contributed by atoms with Crippen molar-refractivity contribution in [2.75, 3.05) is 4.72 Å². The summed E-state index contributed by atoms with van der Waals surface area (Å²) in [5.41, 5.74) is 8.78. The molecule has 0 bridgehead atoms. The average Bonchev–Trinajstić information content (AvgIpc) is 2.77. The zero-order valence-corrected chi connectivity index (χ0v) is 19.2. The van der Waals surface area contributed by atoms with Crippen LogP contribution >= 0.6 is 0 Å². The molecule has 0 atom stereocenters. The minimum atomic E-state index is -3.90. The zero-order chi connectivity index (χ0) is 24.2. The Kier molecular flexibility index (Phi) is 7.03. The van der Waals surface area contributed by atoms with E-state index in [0.29, 0.717) is 16.7 Å². The Morgan fingerprint density at radius 3 is 2.24 bits per heavy atom. The lowest BCUT2D eigenvalue weighted by molar-refractivity contribution is -0.120. The third-order valence-corrected chi connectivity index (χ3v) is 6.57. The van der Waals surface area contributed by atoms with E-state index in [9.17, 15) is 18.3 Å². The summed E-state index contributed by atoms with van der Waals surface area (Å²) in [5.74, 6) is -0.649. The molecular formula is C24H26N4O4S. The van der Waals surface area contributed by atoms with Crippen LogP contribution in [0.3, 0.4) is 0 Å². The number of carbonyl (C=O) groups is 1. The fraction of sp³-hybridized carbons (Fsp3) is 0.167. The fourth-order valence-corrected chi connectivity index (χ4v) is 4.26. The van der Waals surface area contributed by atoms with E-state index in [0.717, 1.165) is 11.1 Å². The fourth-order valence-electron chi connectivity index (χ4n) is 3.19. The van der Waals surface area contributed by atoms with Gasteiger partial charge in [-0.05, 0) is 43.2 Å². The summed E-state index contributed by atoms with van der Waals surface area (Å²) in [7, 11) is -3.90. The molecule has 0 radical (unpaired) electrons. The number of sulfonamides is 1. The van der Waals surface area contributed by atoms with Gasteiger partial charge in [0, 0.05) is 17.7 Å². The molecule has 0 aromatic heterocycles. The van der Waals surface area contributed by atoms with Crippen molar-refractivity contribution >= 4 is 27.5 Å². The monoisotopic (exact) mass is 466 g/mol. The van der Waals surface area contributed by atoms with Crippen molar-refractivity contribution in [1.82, 2.24) is 5.32 Å². The number of phenolic OH excluding ortho intramolecular Hbond substituents is 1. The predicted molar refractivity (Wildman–Crippen MR) is 128 cm³/mol. The summed E-state index contributed by atoms with van der Waals surface area (Å²) in [4.78, 5) is 12.6. The number of anilines is 1. The lowest BCUT2D eigenvalue weighted by Crippen LogP contribution is -2.25. The lowest BCUT2D eigenvalue weighted by atomic mass is 10.0. The first kappa shape index (κ1) is 23.8. The Bertz CT molecular complexity index is 1290. The summed E-state index contributed by atoms with van der Waals surface area (Å²) >= 11 is 0. The molecule has 9 heteroatoms. The van der Waals surface area contributed by atoms with Crippen LogP contribution in [0.2, 0.25) is 0 Å². The number of rotatable bonds is 8. The van der Waals surface area contributed by atoms with E-state index in [-0.39, 0.29) is 41.0 Å². The molecule has 0 spiro atoms. The lowest BCUT2D eigenvalue weighted by Gasteiger charge is -2.15. The van der Waals surface area contributed by atoms with E-state index >= 15 is 0 Å². The molecule has 172 valence electrons. The summed E-state index contributed by atoms with van der Waals surface area (Å²) in [6.45, 7) is 3.85. The number of amidine groups is 1. The molecule has 0 aliphatic carbocycles. The average molecular weight is 467 g/mol. The molecule has 6 N–H and O–H groups in total. The molecular weight excluding hydrogens is 440 g/mol. The van der Waals surface area contributed by atoms with Crippen molar-refractivity contribution in [2.45, 2.75) is 31.7 Å². The van der Waals surface area contributed by atoms with Gasteiger partial charge in [0.1, 0.15) is 11.6 Å². The zero-order valence-electron chi connectivity index (χ0n) is 18.3. The quantitative estimate of drug-likeness (QED) is 0.197. The Labute approximate surface area is 193 Å². The summed E-state index contributed by atoms with van der Waals surface area (Å²) in [5, 5.41) is 20.9. The minimum Gasteiger partial charge on any atom is -0.505 e. The van der Waals surface area contributed by atoms with Crippen LogP contribution in [0, 0.1) is 19.3 Å². The molecule has 1 amide bonds. The highest BCUT2D eigenvalue weighted by molar-refractivity contribution is 7.92. The standard InChI is InChI=1S/C24H26N4O4S/c1-15-3-10-19(11-4-15)33(31,32)28-21-12-5-16(2)20(23(21)30)13-22(29)27-14-17-6-8-18(9-7-17)24(25)26/h3-12,28,30H,13-14H2,1-2H3,(H3,25,26)(H,27,29). The maximum absolute atomic E-state index is 12.7. The van der Waals surface area contributed by atoms with Crippen LogP contribution in [-0.2, 0) is 27.8 Å². The van der Waals surface area contributed by atoms with Gasteiger partial charge >= 0.3 is 0 Å². The minimum absolute atomic E-state index is 0.00352. The molecule has 33 heavy (non-hydrogen) atoms. The van der Waals surface area contributed by atoms with Crippen LogP contribution in [-0.4, -0.2) is 25.3 Å². The van der Waals surface area contributed by atoms with Crippen LogP contribution in [0.4, 0.5) is 5.69 Å². The van der Waals surface area contributed by atoms with Crippen LogP contribution in [0.1, 0.15) is 27.8 Å². The normalized spacial score (nSPS) is 11.1. The second-order valence-electron chi connectivity index (χ2n) is 7.74. The van der Waals surface area contributed by atoms with E-state index in [1.54, 1.807) is 49.4 Å². The molecule has 3 aromatic rings. The van der Waals surface area contributed by atoms with Crippen molar-refractivity contribution in [2.24, 2.45) is 5.73 Å². The molecule has 0 aliphatic heterocycles. The third-order valence-electron chi connectivity index (χ3n) is 5.18. The number of phenols is 1. The number of aryl methyl sites for hydroxylation is 2. The Morgan fingerprint density at radius 1 is 1.00 bits per heavy atom. The maximum atomic E-state index is 12.7. The van der Waals surface area contributed by atoms with E-state index < -0.39 is 10.0 Å². The van der Waals surface area contributed by atoms with Gasteiger partial charge in [-0.3, -0.25) is 14.9 Å². The van der Waals surface area contributed by atoms with Gasteiger partial charge < -0.3 is 16.2 Å². The largest absolute Gasteiger partial charge is 0.505 e. The molecule has 0 saturated heterocycles. The summed E-state index contributed by atoms with van der Waals surface area (Å²) in [6, 6.07) is 16.4. The number of hydrogen-bond donors (Lipinski definition) is 5. The van der Waals surface area contributed by atoms with Gasteiger partial charge in [-0.1, -0.05) is 48.0 Å². The Balaban J connectivity index is 1.71. The first-order valence-electron chi connectivity index (χ1n) is 10.2. The van der Waals surface area contributed by atoms with Crippen LogP contribution in [0.15, 0.2) is 65.6 Å². The number of aromatic hydroxyl groups is 1. The number of carbonyl (C=O) groups excluding carboxylic acids is 1. The molecule has 0 saturated carbocycles. The van der Waals surface area contributed by atoms with Gasteiger partial charge in [-0.2, -0.15) is 0 Å². The van der Waals surface area contributed by atoms with Crippen molar-refractivity contribution in [3.8, 4) is 5.75 Å². The number of nitrogens with two attached hydrogens (primary N) is 1. The van der Waals surface area contributed by atoms with Crippen molar-refractivity contribution in [1.29, 1.82) is 5.41 Å². The van der Waals surface area contributed by atoms with Gasteiger partial charge in [0.05, 0.1) is 17.0 Å². The summed E-state index contributed by atoms with van der Waals surface area (Å²) < 4.78 is 27.8. The second-order valence-corrected chi connectivity index (χ2v) is 9.42. The topological polar surface area (TPSA) is 145 Å². The number of benzene rings is 3. The molecule has 8 nitrogen and oxygen atoms in total. The SMILES string of the molecule is Cc1ccc(S(=O)(=O)Nc2ccc(C)c(CC(=O)NCc3ccc(C(=N)N)cc3)c2O)cc1. The number of amides is 1. The highest BCUT2D eigenvalue weighted by atomic mass is 32.2. The van der Waals surface area contributed by atoms with E-state index in [1.165, 1.54) is 18.2 Å². The van der Waals surface area contributed by atoms with Crippen molar-refractivity contribution in [3.05, 3.63) is 88.5 Å². The number of hydrogen-bond acceptors (Lipinski definition) is 5. The first-order chi connectivity index (χ1) is 15.6. The smallest absolute Gasteiger partial charge is 0.262 e. The molecule has 0 unspecified atom stereocenters. The van der Waals surface area contributed by atoms with E-state index in [1.807, 2.05) is 6.92 Å².